The number of nitrogens with one attached hydrogen (secondary N) is 1. The topological polar surface area (TPSA) is 119 Å². The fraction of sp³-hybridized carbons (Fsp3) is 0.545. The van der Waals surface area contributed by atoms with Crippen LogP contribution in [-0.2, 0) is 11.3 Å². The summed E-state index contributed by atoms with van der Waals surface area (Å²) in [6, 6.07) is 0.0905. The number of carbonyl (C=O) groups excluding carboxylic acids is 1. The molecule has 20 heavy (non-hydrogen) atoms. The van der Waals surface area contributed by atoms with Crippen molar-refractivity contribution in [2.75, 3.05) is 5.32 Å². The second-order valence-electron chi connectivity index (χ2n) is 4.78. The second-order valence-corrected chi connectivity index (χ2v) is 4.78. The van der Waals surface area contributed by atoms with E-state index >= 15 is 0 Å². The predicted octanol–water partition coefficient (Wildman–Crippen LogP) is 0.230. The van der Waals surface area contributed by atoms with Gasteiger partial charge in [0.25, 0.3) is 0 Å². The van der Waals surface area contributed by atoms with Gasteiger partial charge < -0.3 is 9.52 Å². The number of rotatable bonds is 5. The van der Waals surface area contributed by atoms with E-state index in [2.05, 4.69) is 25.8 Å². The van der Waals surface area contributed by atoms with Crippen molar-refractivity contribution < 1.29 is 14.3 Å². The molecular formula is C11H14N6O3. The lowest BCUT2D eigenvalue weighted by molar-refractivity contribution is -0.117. The SMILES string of the molecule is CC(O)c1cn(CC(=O)Nc2nnc(C3CC3)o2)nn1. The van der Waals surface area contributed by atoms with Crippen molar-refractivity contribution in [3.05, 3.63) is 17.8 Å². The third kappa shape index (κ3) is 2.82. The Morgan fingerprint density at radius 2 is 2.35 bits per heavy atom. The summed E-state index contributed by atoms with van der Waals surface area (Å²) in [6.07, 6.45) is 2.89. The number of carbonyl (C=O) groups is 1. The van der Waals surface area contributed by atoms with Crippen LogP contribution in [0.25, 0.3) is 0 Å². The fourth-order valence-corrected chi connectivity index (χ4v) is 1.67. The predicted molar refractivity (Wildman–Crippen MR) is 65.6 cm³/mol. The highest BCUT2D eigenvalue weighted by molar-refractivity contribution is 5.88. The van der Waals surface area contributed by atoms with Crippen LogP contribution in [0, 0.1) is 0 Å². The summed E-state index contributed by atoms with van der Waals surface area (Å²) in [5.41, 5.74) is 0.409. The summed E-state index contributed by atoms with van der Waals surface area (Å²) in [7, 11) is 0. The highest BCUT2D eigenvalue weighted by Gasteiger charge is 2.29. The minimum Gasteiger partial charge on any atom is -0.408 e. The van der Waals surface area contributed by atoms with Crippen LogP contribution in [0.5, 0.6) is 0 Å². The first-order valence-electron chi connectivity index (χ1n) is 6.33. The average Bonchev–Trinajstić information content (AvgIpc) is 2.96. The zero-order valence-electron chi connectivity index (χ0n) is 10.9. The molecule has 3 rings (SSSR count). The molecule has 106 valence electrons. The maximum absolute atomic E-state index is 11.8. The van der Waals surface area contributed by atoms with Gasteiger partial charge in [-0.3, -0.25) is 10.1 Å². The number of anilines is 1. The lowest BCUT2D eigenvalue weighted by Gasteiger charge is -1.99. The number of amides is 1. The van der Waals surface area contributed by atoms with E-state index in [1.165, 1.54) is 10.9 Å². The van der Waals surface area contributed by atoms with Gasteiger partial charge in [-0.05, 0) is 19.8 Å². The molecule has 1 unspecified atom stereocenters. The standard InChI is InChI=1S/C11H14N6O3/c1-6(18)8-4-17(16-13-8)5-9(19)12-11-15-14-10(20-11)7-2-3-7/h4,6-7,18H,2-3,5H2,1H3,(H,12,15,19). The Balaban J connectivity index is 1.57. The van der Waals surface area contributed by atoms with Gasteiger partial charge in [0.15, 0.2) is 0 Å². The first kappa shape index (κ1) is 12.7. The molecule has 1 aliphatic rings. The van der Waals surface area contributed by atoms with Crippen LogP contribution in [0.3, 0.4) is 0 Å². The highest BCUT2D eigenvalue weighted by Crippen LogP contribution is 2.39. The Hall–Kier alpha value is -2.29. The van der Waals surface area contributed by atoms with Crippen LogP contribution < -0.4 is 5.32 Å². The Morgan fingerprint density at radius 1 is 1.55 bits per heavy atom. The molecule has 9 nitrogen and oxygen atoms in total. The highest BCUT2D eigenvalue weighted by atomic mass is 16.4. The molecule has 2 aromatic heterocycles. The molecule has 2 N–H and O–H groups in total. The Labute approximate surface area is 114 Å². The van der Waals surface area contributed by atoms with Crippen molar-refractivity contribution in [1.82, 2.24) is 25.2 Å². The van der Waals surface area contributed by atoms with Crippen molar-refractivity contribution in [3.63, 3.8) is 0 Å². The van der Waals surface area contributed by atoms with Crippen LogP contribution in [0.15, 0.2) is 10.6 Å². The molecule has 2 heterocycles. The normalized spacial score (nSPS) is 16.1. The van der Waals surface area contributed by atoms with Crippen molar-refractivity contribution in [2.24, 2.45) is 0 Å². The van der Waals surface area contributed by atoms with E-state index in [0.717, 1.165) is 12.8 Å². The zero-order valence-corrected chi connectivity index (χ0v) is 10.9. The molecule has 1 aliphatic carbocycles. The van der Waals surface area contributed by atoms with Crippen LogP contribution in [0.4, 0.5) is 6.01 Å². The number of aromatic nitrogens is 5. The Bertz CT molecular complexity index is 571. The van der Waals surface area contributed by atoms with Gasteiger partial charge in [-0.1, -0.05) is 10.3 Å². The van der Waals surface area contributed by atoms with Crippen molar-refractivity contribution >= 4 is 11.9 Å². The summed E-state index contributed by atoms with van der Waals surface area (Å²) < 4.78 is 6.65. The van der Waals surface area contributed by atoms with E-state index in [4.69, 9.17) is 4.42 Å². The zero-order chi connectivity index (χ0) is 14.1. The van der Waals surface area contributed by atoms with Gasteiger partial charge in [-0.15, -0.1) is 10.2 Å². The summed E-state index contributed by atoms with van der Waals surface area (Å²) in [5, 5.41) is 26.9. The average molecular weight is 278 g/mol. The minimum atomic E-state index is -0.719. The molecule has 0 saturated heterocycles. The Kier molecular flexibility index (Phi) is 3.18. The quantitative estimate of drug-likeness (QED) is 0.803. The van der Waals surface area contributed by atoms with Crippen LogP contribution >= 0.6 is 0 Å². The fourth-order valence-electron chi connectivity index (χ4n) is 1.67. The van der Waals surface area contributed by atoms with Crippen LogP contribution in [-0.4, -0.2) is 36.2 Å². The van der Waals surface area contributed by atoms with E-state index in [0.29, 0.717) is 17.5 Å². The summed E-state index contributed by atoms with van der Waals surface area (Å²) >= 11 is 0. The third-order valence-corrected chi connectivity index (χ3v) is 2.90. The summed E-state index contributed by atoms with van der Waals surface area (Å²) in [5.74, 6) is 0.563. The molecule has 1 saturated carbocycles. The number of nitrogens with zero attached hydrogens (tertiary/aromatic N) is 5. The number of aliphatic hydroxyl groups excluding tert-OH is 1. The van der Waals surface area contributed by atoms with Crippen molar-refractivity contribution in [2.45, 2.75) is 38.3 Å². The molecule has 0 aromatic carbocycles. The van der Waals surface area contributed by atoms with Gasteiger partial charge in [-0.25, -0.2) is 4.68 Å². The first-order chi connectivity index (χ1) is 9.61. The molecule has 1 amide bonds. The number of hydrogen-bond acceptors (Lipinski definition) is 7. The molecule has 2 aromatic rings. The van der Waals surface area contributed by atoms with Crippen LogP contribution in [0.2, 0.25) is 0 Å². The van der Waals surface area contributed by atoms with Gasteiger partial charge in [0.1, 0.15) is 12.2 Å². The van der Waals surface area contributed by atoms with E-state index in [-0.39, 0.29) is 18.5 Å². The minimum absolute atomic E-state index is 0.0408. The largest absolute Gasteiger partial charge is 0.408 e. The van der Waals surface area contributed by atoms with E-state index in [9.17, 15) is 9.90 Å². The van der Waals surface area contributed by atoms with E-state index < -0.39 is 6.10 Å². The molecule has 0 bridgehead atoms. The van der Waals surface area contributed by atoms with Gasteiger partial charge in [0.2, 0.25) is 11.8 Å². The lowest BCUT2D eigenvalue weighted by atomic mass is 10.3. The molecule has 1 fully saturated rings. The molecule has 0 aliphatic heterocycles. The Morgan fingerprint density at radius 3 is 3.00 bits per heavy atom. The monoisotopic (exact) mass is 278 g/mol. The van der Waals surface area contributed by atoms with Crippen molar-refractivity contribution in [1.29, 1.82) is 0 Å². The van der Waals surface area contributed by atoms with E-state index in [1.807, 2.05) is 0 Å². The second kappa shape index (κ2) is 5.00. The molecule has 0 radical (unpaired) electrons. The maximum atomic E-state index is 11.8. The molecule has 0 spiro atoms. The van der Waals surface area contributed by atoms with E-state index in [1.54, 1.807) is 6.92 Å². The smallest absolute Gasteiger partial charge is 0.322 e. The number of hydrogen-bond donors (Lipinski definition) is 2. The van der Waals surface area contributed by atoms with Gasteiger partial charge in [0.05, 0.1) is 12.3 Å². The lowest BCUT2D eigenvalue weighted by Crippen LogP contribution is -2.19. The first-order valence-corrected chi connectivity index (χ1v) is 6.33. The summed E-state index contributed by atoms with van der Waals surface area (Å²) in [4.78, 5) is 11.8. The number of aliphatic hydroxyl groups is 1. The van der Waals surface area contributed by atoms with Gasteiger partial charge >= 0.3 is 6.01 Å². The molecular weight excluding hydrogens is 264 g/mol. The third-order valence-electron chi connectivity index (χ3n) is 2.90. The maximum Gasteiger partial charge on any atom is 0.322 e. The van der Waals surface area contributed by atoms with Crippen LogP contribution in [0.1, 0.15) is 43.4 Å². The molecule has 9 heteroatoms. The van der Waals surface area contributed by atoms with Gasteiger partial charge in [-0.2, -0.15) is 0 Å². The van der Waals surface area contributed by atoms with Gasteiger partial charge in [0, 0.05) is 5.92 Å². The molecule has 1 atom stereocenters. The van der Waals surface area contributed by atoms with Crippen molar-refractivity contribution in [3.8, 4) is 0 Å². The summed E-state index contributed by atoms with van der Waals surface area (Å²) in [6.45, 7) is 1.53.